The molecule has 0 atom stereocenters. The average Bonchev–Trinajstić information content (AvgIpc) is 3.38. The molecule has 0 bridgehead atoms. The van der Waals surface area contributed by atoms with Crippen LogP contribution in [0, 0.1) is 0 Å². The number of hydrogen-bond donors (Lipinski definition) is 1. The summed E-state index contributed by atoms with van der Waals surface area (Å²) in [6.45, 7) is 2.23. The summed E-state index contributed by atoms with van der Waals surface area (Å²) in [6, 6.07) is 8.76. The molecule has 138 valence electrons. The molecule has 7 heteroatoms. The molecule has 0 spiro atoms. The number of imidazole rings is 1. The highest BCUT2D eigenvalue weighted by Gasteiger charge is 2.32. The Labute approximate surface area is 163 Å². The number of nitrogens with zero attached hydrogens (tertiary/aromatic N) is 3. The van der Waals surface area contributed by atoms with Gasteiger partial charge in [-0.05, 0) is 43.9 Å². The van der Waals surface area contributed by atoms with Gasteiger partial charge in [-0.15, -0.1) is 0 Å². The highest BCUT2D eigenvalue weighted by molar-refractivity contribution is 7.99. The van der Waals surface area contributed by atoms with Gasteiger partial charge in [-0.3, -0.25) is 9.36 Å². The molecule has 2 fully saturated rings. The lowest BCUT2D eigenvalue weighted by Crippen LogP contribution is -2.45. The highest BCUT2D eigenvalue weighted by atomic mass is 35.5. The van der Waals surface area contributed by atoms with Crippen molar-refractivity contribution in [2.75, 3.05) is 18.8 Å². The van der Waals surface area contributed by atoms with E-state index in [-0.39, 0.29) is 5.91 Å². The second kappa shape index (κ2) is 8.03. The Morgan fingerprint density at radius 3 is 2.81 bits per heavy atom. The summed E-state index contributed by atoms with van der Waals surface area (Å²) in [5.41, 5.74) is 0.949. The summed E-state index contributed by atoms with van der Waals surface area (Å²) in [7, 11) is 0. The summed E-state index contributed by atoms with van der Waals surface area (Å²) >= 11 is 7.53. The maximum absolute atomic E-state index is 12.3. The zero-order valence-electron chi connectivity index (χ0n) is 14.6. The summed E-state index contributed by atoms with van der Waals surface area (Å²) < 4.78 is 1.96. The number of halogens is 1. The number of carbonyl (C=O) groups excluding carboxylic acids is 1. The molecule has 1 saturated carbocycles. The predicted molar refractivity (Wildman–Crippen MR) is 105 cm³/mol. The molecule has 5 nitrogen and oxygen atoms in total. The molecule has 1 amide bonds. The number of carbonyl (C=O) groups is 1. The maximum atomic E-state index is 12.3. The molecule has 1 aliphatic carbocycles. The fourth-order valence-electron chi connectivity index (χ4n) is 3.47. The van der Waals surface area contributed by atoms with E-state index < -0.39 is 0 Å². The lowest BCUT2D eigenvalue weighted by Gasteiger charge is -2.32. The number of amides is 1. The Balaban J connectivity index is 1.28. The Morgan fingerprint density at radius 1 is 1.27 bits per heavy atom. The van der Waals surface area contributed by atoms with Crippen LogP contribution in [0.4, 0.5) is 0 Å². The smallest absolute Gasteiger partial charge is 0.230 e. The third-order valence-corrected chi connectivity index (χ3v) is 6.19. The van der Waals surface area contributed by atoms with Crippen LogP contribution in [0.25, 0.3) is 5.69 Å². The van der Waals surface area contributed by atoms with Crippen LogP contribution in [0.3, 0.4) is 0 Å². The zero-order chi connectivity index (χ0) is 17.9. The van der Waals surface area contributed by atoms with Gasteiger partial charge in [0.2, 0.25) is 5.91 Å². The number of rotatable bonds is 6. The Morgan fingerprint density at radius 2 is 2.08 bits per heavy atom. The van der Waals surface area contributed by atoms with Crippen molar-refractivity contribution < 1.29 is 4.79 Å². The Hall–Kier alpha value is -1.50. The van der Waals surface area contributed by atoms with Gasteiger partial charge in [-0.25, -0.2) is 4.98 Å². The number of aromatic nitrogens is 2. The van der Waals surface area contributed by atoms with E-state index >= 15 is 0 Å². The molecule has 1 saturated heterocycles. The lowest BCUT2D eigenvalue weighted by atomic mass is 10.1. The SMILES string of the molecule is O=C(CSc1nccn1-c1cccc(Cl)c1)NC1CCN(C2CC2)CC1. The minimum atomic E-state index is 0.0838. The minimum Gasteiger partial charge on any atom is -0.353 e. The van der Waals surface area contributed by atoms with Gasteiger partial charge < -0.3 is 10.2 Å². The van der Waals surface area contributed by atoms with E-state index in [9.17, 15) is 4.79 Å². The number of likely N-dealkylation sites (tertiary alicyclic amines) is 1. The molecule has 2 aromatic rings. The summed E-state index contributed by atoms with van der Waals surface area (Å²) in [4.78, 5) is 19.3. The molecule has 1 N–H and O–H groups in total. The maximum Gasteiger partial charge on any atom is 0.230 e. The molecule has 1 aromatic carbocycles. The second-order valence-electron chi connectivity index (χ2n) is 6.96. The van der Waals surface area contributed by atoms with E-state index in [1.807, 2.05) is 35.0 Å². The zero-order valence-corrected chi connectivity index (χ0v) is 16.2. The third kappa shape index (κ3) is 4.42. The van der Waals surface area contributed by atoms with E-state index in [2.05, 4.69) is 15.2 Å². The van der Waals surface area contributed by atoms with Crippen LogP contribution in [0.2, 0.25) is 5.02 Å². The van der Waals surface area contributed by atoms with Crippen molar-refractivity contribution in [1.29, 1.82) is 0 Å². The van der Waals surface area contributed by atoms with E-state index in [4.69, 9.17) is 11.6 Å². The number of nitrogens with one attached hydrogen (secondary N) is 1. The number of hydrogen-bond acceptors (Lipinski definition) is 4. The first-order valence-electron chi connectivity index (χ1n) is 9.14. The van der Waals surface area contributed by atoms with E-state index in [0.29, 0.717) is 16.8 Å². The fourth-order valence-corrected chi connectivity index (χ4v) is 4.44. The first-order valence-corrected chi connectivity index (χ1v) is 10.5. The normalized spacial score (nSPS) is 18.8. The summed E-state index contributed by atoms with van der Waals surface area (Å²) in [6.07, 6.45) is 8.46. The predicted octanol–water partition coefficient (Wildman–Crippen LogP) is 3.36. The molecule has 0 unspecified atom stereocenters. The topological polar surface area (TPSA) is 50.2 Å². The molecular formula is C19H23ClN4OS. The quantitative estimate of drug-likeness (QED) is 0.768. The third-order valence-electron chi connectivity index (χ3n) is 4.98. The van der Waals surface area contributed by atoms with Crippen molar-refractivity contribution in [2.45, 2.75) is 42.9 Å². The van der Waals surface area contributed by atoms with Gasteiger partial charge in [-0.1, -0.05) is 29.4 Å². The van der Waals surface area contributed by atoms with Gasteiger partial charge in [0.15, 0.2) is 5.16 Å². The fraction of sp³-hybridized carbons (Fsp3) is 0.474. The van der Waals surface area contributed by atoms with Crippen molar-refractivity contribution >= 4 is 29.3 Å². The van der Waals surface area contributed by atoms with Gasteiger partial charge in [0.25, 0.3) is 0 Å². The average molecular weight is 391 g/mol. The van der Waals surface area contributed by atoms with Crippen LogP contribution in [0.1, 0.15) is 25.7 Å². The number of piperidine rings is 1. The second-order valence-corrected chi connectivity index (χ2v) is 8.34. The van der Waals surface area contributed by atoms with E-state index in [1.165, 1.54) is 24.6 Å². The largest absolute Gasteiger partial charge is 0.353 e. The molecule has 4 rings (SSSR count). The molecule has 0 radical (unpaired) electrons. The lowest BCUT2D eigenvalue weighted by molar-refractivity contribution is -0.119. The monoisotopic (exact) mass is 390 g/mol. The van der Waals surface area contributed by atoms with Crippen LogP contribution in [0.5, 0.6) is 0 Å². The van der Waals surface area contributed by atoms with Crippen LogP contribution in [0.15, 0.2) is 41.8 Å². The Kier molecular flexibility index (Phi) is 5.52. The molecule has 1 aromatic heterocycles. The van der Waals surface area contributed by atoms with Gasteiger partial charge in [0.1, 0.15) is 0 Å². The molecule has 26 heavy (non-hydrogen) atoms. The first kappa shape index (κ1) is 17.9. The number of benzene rings is 1. The van der Waals surface area contributed by atoms with Crippen LogP contribution >= 0.6 is 23.4 Å². The standard InChI is InChI=1S/C19H23ClN4OS/c20-14-2-1-3-17(12-14)24-11-8-21-19(24)26-13-18(25)22-15-6-9-23(10-7-15)16-4-5-16/h1-3,8,11-12,15-16H,4-7,9-10,13H2,(H,22,25). The van der Waals surface area contributed by atoms with Crippen molar-refractivity contribution in [3.8, 4) is 5.69 Å². The van der Waals surface area contributed by atoms with Crippen molar-refractivity contribution in [1.82, 2.24) is 19.8 Å². The Bertz CT molecular complexity index is 768. The minimum absolute atomic E-state index is 0.0838. The van der Waals surface area contributed by atoms with Gasteiger partial charge >= 0.3 is 0 Å². The summed E-state index contributed by atoms with van der Waals surface area (Å²) in [5, 5.41) is 4.66. The number of thioether (sulfide) groups is 1. The first-order chi connectivity index (χ1) is 12.7. The van der Waals surface area contributed by atoms with E-state index in [0.717, 1.165) is 42.8 Å². The molecule has 2 aliphatic rings. The summed E-state index contributed by atoms with van der Waals surface area (Å²) in [5.74, 6) is 0.459. The van der Waals surface area contributed by atoms with Crippen molar-refractivity contribution in [2.24, 2.45) is 0 Å². The van der Waals surface area contributed by atoms with E-state index in [1.54, 1.807) is 6.20 Å². The van der Waals surface area contributed by atoms with Crippen LogP contribution in [-0.4, -0.2) is 51.3 Å². The van der Waals surface area contributed by atoms with Gasteiger partial charge in [0, 0.05) is 48.3 Å². The molecule has 2 heterocycles. The highest BCUT2D eigenvalue weighted by Crippen LogP contribution is 2.29. The van der Waals surface area contributed by atoms with Crippen LogP contribution in [-0.2, 0) is 4.79 Å². The molecule has 1 aliphatic heterocycles. The van der Waals surface area contributed by atoms with Crippen LogP contribution < -0.4 is 5.32 Å². The van der Waals surface area contributed by atoms with Gasteiger partial charge in [-0.2, -0.15) is 0 Å². The van der Waals surface area contributed by atoms with Crippen molar-refractivity contribution in [3.05, 3.63) is 41.7 Å². The van der Waals surface area contributed by atoms with Gasteiger partial charge in [0.05, 0.1) is 5.75 Å². The van der Waals surface area contributed by atoms with Crippen molar-refractivity contribution in [3.63, 3.8) is 0 Å². The molecular weight excluding hydrogens is 368 g/mol.